The first-order valence-corrected chi connectivity index (χ1v) is 5.95. The molecule has 1 aromatic rings. The van der Waals surface area contributed by atoms with E-state index in [9.17, 15) is 18.3 Å². The predicted octanol–water partition coefficient (Wildman–Crippen LogP) is 1.27. The van der Waals surface area contributed by atoms with E-state index in [1.54, 1.807) is 28.0 Å². The van der Waals surface area contributed by atoms with Crippen LogP contribution in [0.3, 0.4) is 0 Å². The van der Waals surface area contributed by atoms with E-state index in [1.807, 2.05) is 0 Å². The Balaban J connectivity index is 1.91. The fraction of sp³-hybridized carbons (Fsp3) is 0.727. The first-order chi connectivity index (χ1) is 8.48. The molecule has 0 saturated carbocycles. The quantitative estimate of drug-likeness (QED) is 0.889. The lowest BCUT2D eigenvalue weighted by Gasteiger charge is -2.29. The number of aliphatic hydroxyl groups excluding tert-OH is 1. The molecule has 0 aliphatic carbocycles. The highest BCUT2D eigenvalue weighted by Gasteiger charge is 2.46. The van der Waals surface area contributed by atoms with Gasteiger partial charge in [-0.25, -0.2) is 0 Å². The van der Waals surface area contributed by atoms with Crippen LogP contribution in [0.4, 0.5) is 13.2 Å². The average Bonchev–Trinajstić information content (AvgIpc) is 2.95. The average molecular weight is 263 g/mol. The van der Waals surface area contributed by atoms with Gasteiger partial charge in [0.1, 0.15) is 0 Å². The number of aromatic nitrogens is 2. The minimum atomic E-state index is -4.54. The van der Waals surface area contributed by atoms with E-state index < -0.39 is 18.3 Å². The number of hydrogen-bond acceptors (Lipinski definition) is 3. The largest absolute Gasteiger partial charge is 0.415 e. The van der Waals surface area contributed by atoms with Gasteiger partial charge in [-0.1, -0.05) is 0 Å². The van der Waals surface area contributed by atoms with E-state index in [1.165, 1.54) is 0 Å². The van der Waals surface area contributed by atoms with Crippen LogP contribution in [0.15, 0.2) is 18.5 Å². The van der Waals surface area contributed by atoms with Crippen molar-refractivity contribution in [1.29, 1.82) is 0 Å². The second-order valence-electron chi connectivity index (χ2n) is 4.50. The Hall–Kier alpha value is -1.08. The Morgan fingerprint density at radius 1 is 1.39 bits per heavy atom. The van der Waals surface area contributed by atoms with Gasteiger partial charge in [-0.2, -0.15) is 18.3 Å². The van der Waals surface area contributed by atoms with Crippen LogP contribution in [0.1, 0.15) is 12.8 Å². The number of aliphatic hydroxyl groups is 1. The molecule has 1 saturated heterocycles. The Kier molecular flexibility index (Phi) is 3.91. The molecule has 4 nitrogen and oxygen atoms in total. The van der Waals surface area contributed by atoms with Gasteiger partial charge in [-0.05, 0) is 25.5 Å². The summed E-state index contributed by atoms with van der Waals surface area (Å²) in [4.78, 5) is 1.69. The van der Waals surface area contributed by atoms with E-state index in [4.69, 9.17) is 0 Å². The Morgan fingerprint density at radius 2 is 2.17 bits per heavy atom. The summed E-state index contributed by atoms with van der Waals surface area (Å²) in [7, 11) is 0. The molecule has 2 heterocycles. The topological polar surface area (TPSA) is 41.3 Å². The third-order valence-corrected chi connectivity index (χ3v) is 3.29. The maximum Gasteiger partial charge on any atom is 0.415 e. The van der Waals surface area contributed by atoms with Crippen molar-refractivity contribution in [2.24, 2.45) is 0 Å². The van der Waals surface area contributed by atoms with E-state index in [0.29, 0.717) is 32.5 Å². The minimum Gasteiger partial charge on any atom is -0.382 e. The number of nitrogens with zero attached hydrogens (tertiary/aromatic N) is 3. The lowest BCUT2D eigenvalue weighted by atomic mass is 10.1. The van der Waals surface area contributed by atoms with Crippen molar-refractivity contribution in [3.05, 3.63) is 18.5 Å². The Labute approximate surface area is 103 Å². The summed E-state index contributed by atoms with van der Waals surface area (Å²) in [5, 5.41) is 13.3. The molecule has 18 heavy (non-hydrogen) atoms. The van der Waals surface area contributed by atoms with Crippen molar-refractivity contribution in [3.8, 4) is 0 Å². The van der Waals surface area contributed by atoms with Crippen molar-refractivity contribution in [1.82, 2.24) is 14.7 Å². The van der Waals surface area contributed by atoms with Gasteiger partial charge in [-0.3, -0.25) is 9.58 Å². The van der Waals surface area contributed by atoms with Gasteiger partial charge in [0.15, 0.2) is 6.10 Å². The van der Waals surface area contributed by atoms with Crippen molar-refractivity contribution < 1.29 is 18.3 Å². The van der Waals surface area contributed by atoms with Gasteiger partial charge in [0.2, 0.25) is 0 Å². The summed E-state index contributed by atoms with van der Waals surface area (Å²) in [6.45, 7) is 1.60. The molecule has 1 aromatic heterocycles. The number of alkyl halides is 3. The molecule has 1 N–H and O–H groups in total. The second-order valence-corrected chi connectivity index (χ2v) is 4.50. The van der Waals surface area contributed by atoms with Crippen molar-refractivity contribution >= 4 is 0 Å². The number of halogens is 3. The summed E-state index contributed by atoms with van der Waals surface area (Å²) < 4.78 is 39.2. The zero-order valence-electron chi connectivity index (χ0n) is 9.85. The van der Waals surface area contributed by atoms with Crippen LogP contribution in [-0.2, 0) is 6.54 Å². The van der Waals surface area contributed by atoms with Crippen molar-refractivity contribution in [2.75, 3.05) is 13.1 Å². The molecule has 2 atom stereocenters. The normalized spacial score (nSPS) is 23.4. The van der Waals surface area contributed by atoms with Gasteiger partial charge in [0.05, 0.1) is 6.54 Å². The monoisotopic (exact) mass is 263 g/mol. The van der Waals surface area contributed by atoms with Crippen LogP contribution >= 0.6 is 0 Å². The lowest BCUT2D eigenvalue weighted by molar-refractivity contribution is -0.219. The first-order valence-electron chi connectivity index (χ1n) is 5.95. The number of hydrogen-bond donors (Lipinski definition) is 1. The van der Waals surface area contributed by atoms with E-state index >= 15 is 0 Å². The smallest absolute Gasteiger partial charge is 0.382 e. The number of likely N-dealkylation sites (tertiary alicyclic amines) is 1. The highest BCUT2D eigenvalue weighted by Crippen LogP contribution is 2.30. The molecule has 1 aliphatic rings. The summed E-state index contributed by atoms with van der Waals surface area (Å²) in [6, 6.07) is 0.951. The molecule has 0 unspecified atom stereocenters. The van der Waals surface area contributed by atoms with Crippen LogP contribution in [-0.4, -0.2) is 51.2 Å². The fourth-order valence-corrected chi connectivity index (χ4v) is 2.37. The molecule has 0 bridgehead atoms. The molecular weight excluding hydrogens is 247 g/mol. The second kappa shape index (κ2) is 5.27. The first kappa shape index (κ1) is 13.4. The maximum atomic E-state index is 12.5. The summed E-state index contributed by atoms with van der Waals surface area (Å²) in [5.74, 6) is 0. The molecule has 0 spiro atoms. The molecular formula is C11H16F3N3O. The molecule has 7 heteroatoms. The van der Waals surface area contributed by atoms with Gasteiger partial charge in [0.25, 0.3) is 0 Å². The maximum absolute atomic E-state index is 12.5. The molecule has 1 aliphatic heterocycles. The van der Waals surface area contributed by atoms with Gasteiger partial charge in [-0.15, -0.1) is 0 Å². The molecule has 0 aromatic carbocycles. The highest BCUT2D eigenvalue weighted by atomic mass is 19.4. The lowest BCUT2D eigenvalue weighted by Crippen LogP contribution is -2.47. The van der Waals surface area contributed by atoms with Crippen molar-refractivity contribution in [3.63, 3.8) is 0 Å². The molecule has 1 fully saturated rings. The third kappa shape index (κ3) is 3.02. The summed E-state index contributed by atoms with van der Waals surface area (Å²) in [6.07, 6.45) is -2.31. The molecule has 0 amide bonds. The Bertz CT molecular complexity index is 366. The van der Waals surface area contributed by atoms with Crippen LogP contribution in [0.5, 0.6) is 0 Å². The minimum absolute atomic E-state index is 0.389. The predicted molar refractivity (Wildman–Crippen MR) is 58.9 cm³/mol. The van der Waals surface area contributed by atoms with Crippen LogP contribution in [0.2, 0.25) is 0 Å². The number of rotatable bonds is 4. The van der Waals surface area contributed by atoms with Gasteiger partial charge >= 0.3 is 6.18 Å². The SMILES string of the molecule is O[C@H]([C@H]1CCCN1CCn1cccn1)C(F)(F)F. The Morgan fingerprint density at radius 3 is 2.78 bits per heavy atom. The summed E-state index contributed by atoms with van der Waals surface area (Å²) in [5.41, 5.74) is 0. The van der Waals surface area contributed by atoms with E-state index in [2.05, 4.69) is 5.10 Å². The fourth-order valence-electron chi connectivity index (χ4n) is 2.37. The van der Waals surface area contributed by atoms with E-state index in [-0.39, 0.29) is 0 Å². The highest BCUT2D eigenvalue weighted by molar-refractivity contribution is 4.88. The van der Waals surface area contributed by atoms with Crippen molar-refractivity contribution in [2.45, 2.75) is 37.7 Å². The zero-order chi connectivity index (χ0) is 13.2. The van der Waals surface area contributed by atoms with Crippen LogP contribution in [0.25, 0.3) is 0 Å². The van der Waals surface area contributed by atoms with Crippen LogP contribution in [0, 0.1) is 0 Å². The standard InChI is InChI=1S/C11H16F3N3O/c12-11(13,14)10(18)9-3-1-5-16(9)7-8-17-6-2-4-15-17/h2,4,6,9-10,18H,1,3,5,7-8H2/t9-,10-/m1/s1. The van der Waals surface area contributed by atoms with Crippen LogP contribution < -0.4 is 0 Å². The van der Waals surface area contributed by atoms with Gasteiger partial charge < -0.3 is 5.11 Å². The van der Waals surface area contributed by atoms with E-state index in [0.717, 1.165) is 0 Å². The van der Waals surface area contributed by atoms with Gasteiger partial charge in [0, 0.05) is 25.0 Å². The summed E-state index contributed by atoms with van der Waals surface area (Å²) >= 11 is 0. The molecule has 102 valence electrons. The third-order valence-electron chi connectivity index (χ3n) is 3.29. The zero-order valence-corrected chi connectivity index (χ0v) is 9.85. The molecule has 2 rings (SSSR count). The molecule has 0 radical (unpaired) electrons.